The number of methoxy groups -OCH3 is 1. The minimum absolute atomic E-state index is 0.0421. The van der Waals surface area contributed by atoms with Gasteiger partial charge >= 0.3 is 0 Å². The summed E-state index contributed by atoms with van der Waals surface area (Å²) in [5.74, 6) is 0.376. The summed E-state index contributed by atoms with van der Waals surface area (Å²) < 4.78 is 5.02. The van der Waals surface area contributed by atoms with Crippen LogP contribution in [0.25, 0.3) is 0 Å². The maximum absolute atomic E-state index is 12.3. The monoisotopic (exact) mass is 305 g/mol. The molecule has 21 heavy (non-hydrogen) atoms. The number of nitro groups is 1. The molecule has 6 heteroatoms. The molecule has 0 saturated heterocycles. The summed E-state index contributed by atoms with van der Waals surface area (Å²) in [5, 5.41) is 9.70. The molecule has 0 heterocycles. The van der Waals surface area contributed by atoms with Crippen LogP contribution in [0.5, 0.6) is 5.75 Å². The number of carbonyl (C=O) groups excluding carboxylic acids is 1. The Morgan fingerprint density at radius 2 is 1.71 bits per heavy atom. The molecule has 0 aliphatic heterocycles. The van der Waals surface area contributed by atoms with E-state index in [1.807, 2.05) is 0 Å². The van der Waals surface area contributed by atoms with Crippen LogP contribution in [0.2, 0.25) is 0 Å². The summed E-state index contributed by atoms with van der Waals surface area (Å²) in [6, 6.07) is 12.2. The first-order valence-corrected chi connectivity index (χ1v) is 6.53. The molecule has 1 atom stereocenters. The molecule has 0 fully saturated rings. The average molecular weight is 306 g/mol. The van der Waals surface area contributed by atoms with Gasteiger partial charge in [0.1, 0.15) is 11.1 Å². The summed E-state index contributed by atoms with van der Waals surface area (Å²) in [6.07, 6.45) is 0. The second-order valence-corrected chi connectivity index (χ2v) is 4.74. The Hall–Kier alpha value is -2.40. The number of hydrogen-bond acceptors (Lipinski definition) is 4. The predicted molar refractivity (Wildman–Crippen MR) is 79.0 cm³/mol. The highest BCUT2D eigenvalue weighted by Gasteiger charge is 2.20. The number of non-ortho nitro benzene ring substituents is 1. The van der Waals surface area contributed by atoms with E-state index in [-0.39, 0.29) is 11.5 Å². The van der Waals surface area contributed by atoms with E-state index < -0.39 is 10.3 Å². The quantitative estimate of drug-likeness (QED) is 0.365. The third kappa shape index (κ3) is 3.38. The van der Waals surface area contributed by atoms with Gasteiger partial charge in [0.05, 0.1) is 12.0 Å². The summed E-state index contributed by atoms with van der Waals surface area (Å²) in [5.41, 5.74) is 0.928. The van der Waals surface area contributed by atoms with Crippen LogP contribution in [0.3, 0.4) is 0 Å². The number of alkyl halides is 1. The first kappa shape index (κ1) is 15.0. The highest BCUT2D eigenvalue weighted by atomic mass is 35.5. The first-order valence-electron chi connectivity index (χ1n) is 6.09. The molecule has 0 saturated carbocycles. The van der Waals surface area contributed by atoms with E-state index in [1.54, 1.807) is 24.3 Å². The van der Waals surface area contributed by atoms with Crippen molar-refractivity contribution in [2.75, 3.05) is 7.11 Å². The molecule has 5 nitrogen and oxygen atoms in total. The largest absolute Gasteiger partial charge is 0.497 e. The number of ketones is 1. The van der Waals surface area contributed by atoms with E-state index >= 15 is 0 Å². The van der Waals surface area contributed by atoms with Gasteiger partial charge in [0.25, 0.3) is 5.69 Å². The number of benzene rings is 2. The Kier molecular flexibility index (Phi) is 4.55. The van der Waals surface area contributed by atoms with Gasteiger partial charge < -0.3 is 4.74 Å². The zero-order chi connectivity index (χ0) is 15.4. The van der Waals surface area contributed by atoms with Crippen LogP contribution in [-0.2, 0) is 0 Å². The smallest absolute Gasteiger partial charge is 0.269 e. The minimum atomic E-state index is -0.890. The minimum Gasteiger partial charge on any atom is -0.497 e. The van der Waals surface area contributed by atoms with Crippen LogP contribution >= 0.6 is 11.6 Å². The molecule has 108 valence electrons. The first-order chi connectivity index (χ1) is 10.0. The van der Waals surface area contributed by atoms with Crippen LogP contribution in [0.15, 0.2) is 48.5 Å². The molecule has 1 unspecified atom stereocenters. The number of rotatable bonds is 5. The second-order valence-electron chi connectivity index (χ2n) is 4.30. The zero-order valence-electron chi connectivity index (χ0n) is 11.2. The average Bonchev–Trinajstić information content (AvgIpc) is 2.53. The number of Topliss-reactive ketones (excluding diaryl/α,β-unsaturated/α-hetero) is 1. The molecular formula is C15H12ClNO4. The molecule has 2 aromatic rings. The molecule has 0 aliphatic carbocycles. The molecule has 0 N–H and O–H groups in total. The van der Waals surface area contributed by atoms with Crippen molar-refractivity contribution >= 4 is 23.1 Å². The second kappa shape index (κ2) is 6.37. The summed E-state index contributed by atoms with van der Waals surface area (Å²) in [7, 11) is 1.54. The van der Waals surface area contributed by atoms with Gasteiger partial charge in [0, 0.05) is 17.7 Å². The van der Waals surface area contributed by atoms with Crippen molar-refractivity contribution in [3.63, 3.8) is 0 Å². The fourth-order valence-electron chi connectivity index (χ4n) is 1.82. The molecule has 0 bridgehead atoms. The third-order valence-electron chi connectivity index (χ3n) is 3.00. The number of hydrogen-bond donors (Lipinski definition) is 0. The van der Waals surface area contributed by atoms with Crippen LogP contribution in [0, 0.1) is 10.1 Å². The lowest BCUT2D eigenvalue weighted by molar-refractivity contribution is -0.384. The summed E-state index contributed by atoms with van der Waals surface area (Å²) in [4.78, 5) is 22.3. The van der Waals surface area contributed by atoms with Gasteiger partial charge in [-0.2, -0.15) is 0 Å². The fourth-order valence-corrected chi connectivity index (χ4v) is 2.09. The van der Waals surface area contributed by atoms with E-state index in [1.165, 1.54) is 31.4 Å². The highest BCUT2D eigenvalue weighted by molar-refractivity contribution is 6.33. The SMILES string of the molecule is COc1ccc(C(=O)C(Cl)c2ccc([N+](=O)[O-])cc2)cc1. The van der Waals surface area contributed by atoms with Crippen molar-refractivity contribution in [3.05, 3.63) is 69.8 Å². The zero-order valence-corrected chi connectivity index (χ0v) is 11.9. The van der Waals surface area contributed by atoms with E-state index in [0.717, 1.165) is 0 Å². The van der Waals surface area contributed by atoms with Crippen LogP contribution in [0.4, 0.5) is 5.69 Å². The Labute approximate surface area is 126 Å². The van der Waals surface area contributed by atoms with Gasteiger partial charge in [0.2, 0.25) is 0 Å². The predicted octanol–water partition coefficient (Wildman–Crippen LogP) is 3.77. The standard InChI is InChI=1S/C15H12ClNO4/c1-21-13-8-4-11(5-9-13)15(18)14(16)10-2-6-12(7-3-10)17(19)20/h2-9,14H,1H3. The van der Waals surface area contributed by atoms with Crippen molar-refractivity contribution in [2.45, 2.75) is 5.38 Å². The lowest BCUT2D eigenvalue weighted by atomic mass is 10.0. The van der Waals surface area contributed by atoms with Crippen molar-refractivity contribution in [1.82, 2.24) is 0 Å². The number of nitrogens with zero attached hydrogens (tertiary/aromatic N) is 1. The normalized spacial score (nSPS) is 11.7. The van der Waals surface area contributed by atoms with Crippen molar-refractivity contribution in [1.29, 1.82) is 0 Å². The highest BCUT2D eigenvalue weighted by Crippen LogP contribution is 2.27. The number of nitro benzene ring substituents is 1. The molecule has 2 aromatic carbocycles. The molecule has 0 aliphatic rings. The van der Waals surface area contributed by atoms with E-state index in [2.05, 4.69) is 0 Å². The van der Waals surface area contributed by atoms with Gasteiger partial charge in [-0.3, -0.25) is 14.9 Å². The van der Waals surface area contributed by atoms with Gasteiger partial charge in [0.15, 0.2) is 5.78 Å². The van der Waals surface area contributed by atoms with Gasteiger partial charge in [-0.15, -0.1) is 11.6 Å². The number of carbonyl (C=O) groups is 1. The van der Waals surface area contributed by atoms with Crippen molar-refractivity contribution in [2.24, 2.45) is 0 Å². The fraction of sp³-hybridized carbons (Fsp3) is 0.133. The molecular weight excluding hydrogens is 294 g/mol. The van der Waals surface area contributed by atoms with Gasteiger partial charge in [-0.25, -0.2) is 0 Å². The molecule has 0 spiro atoms. The Morgan fingerprint density at radius 3 is 2.19 bits per heavy atom. The maximum atomic E-state index is 12.3. The topological polar surface area (TPSA) is 69.4 Å². The van der Waals surface area contributed by atoms with Crippen LogP contribution < -0.4 is 4.74 Å². The van der Waals surface area contributed by atoms with E-state index in [9.17, 15) is 14.9 Å². The maximum Gasteiger partial charge on any atom is 0.269 e. The summed E-state index contributed by atoms with van der Waals surface area (Å²) in [6.45, 7) is 0. The summed E-state index contributed by atoms with van der Waals surface area (Å²) >= 11 is 6.15. The number of halogens is 1. The number of ether oxygens (including phenoxy) is 1. The third-order valence-corrected chi connectivity index (χ3v) is 3.45. The van der Waals surface area contributed by atoms with E-state index in [4.69, 9.17) is 16.3 Å². The van der Waals surface area contributed by atoms with Gasteiger partial charge in [-0.1, -0.05) is 12.1 Å². The molecule has 0 amide bonds. The van der Waals surface area contributed by atoms with Crippen molar-refractivity contribution < 1.29 is 14.5 Å². The van der Waals surface area contributed by atoms with E-state index in [0.29, 0.717) is 16.9 Å². The molecule has 0 radical (unpaired) electrons. The molecule has 0 aromatic heterocycles. The van der Waals surface area contributed by atoms with Crippen LogP contribution in [-0.4, -0.2) is 17.8 Å². The van der Waals surface area contributed by atoms with Crippen LogP contribution in [0.1, 0.15) is 21.3 Å². The van der Waals surface area contributed by atoms with Gasteiger partial charge in [-0.05, 0) is 29.8 Å². The lowest BCUT2D eigenvalue weighted by Gasteiger charge is -2.09. The Balaban J connectivity index is 2.19. The lowest BCUT2D eigenvalue weighted by Crippen LogP contribution is -2.07. The Bertz CT molecular complexity index is 652. The molecule has 2 rings (SSSR count). The Morgan fingerprint density at radius 1 is 1.14 bits per heavy atom. The van der Waals surface area contributed by atoms with Crippen molar-refractivity contribution in [3.8, 4) is 5.75 Å².